The highest BCUT2D eigenvalue weighted by atomic mass is 14.3. The number of benzene rings is 1. The van der Waals surface area contributed by atoms with Gasteiger partial charge in [-0.15, -0.1) is 0 Å². The highest BCUT2D eigenvalue weighted by Gasteiger charge is 1.95. The minimum absolute atomic E-state index is 0.165. The van der Waals surface area contributed by atoms with Crippen LogP contribution in [0.4, 0.5) is 0 Å². The lowest BCUT2D eigenvalue weighted by atomic mass is 10.1. The van der Waals surface area contributed by atoms with Gasteiger partial charge >= 0.3 is 0 Å². The molecule has 1 rings (SSSR count). The second-order valence-corrected chi connectivity index (χ2v) is 2.47. The van der Waals surface area contributed by atoms with E-state index in [2.05, 4.69) is 0 Å². The topological polar surface area (TPSA) is 46.1 Å². The Morgan fingerprint density at radius 2 is 2.25 bits per heavy atom. The van der Waals surface area contributed by atoms with Gasteiger partial charge in [0.15, 0.2) is 0 Å². The maximum absolute atomic E-state index is 8.56. The third-order valence-electron chi connectivity index (χ3n) is 1.53. The Morgan fingerprint density at radius 3 is 2.75 bits per heavy atom. The summed E-state index contributed by atoms with van der Waals surface area (Å²) in [5, 5.41) is 17.1. The van der Waals surface area contributed by atoms with Gasteiger partial charge in [0.1, 0.15) is 6.07 Å². The van der Waals surface area contributed by atoms with Crippen molar-refractivity contribution in [2.45, 2.75) is 6.92 Å². The molecule has 0 saturated heterocycles. The van der Waals surface area contributed by atoms with E-state index in [-0.39, 0.29) is 5.57 Å². The maximum Gasteiger partial charge on any atom is 0.106 e. The normalized spacial score (nSPS) is 8.33. The molecule has 1 aromatic carbocycles. The average Bonchev–Trinajstić information content (AvgIpc) is 2.07. The van der Waals surface area contributed by atoms with Crippen molar-refractivity contribution in [3.8, 4) is 6.07 Å². The first-order chi connectivity index (χ1) is 5.77. The van der Waals surface area contributed by atoms with Gasteiger partial charge in [0.05, 0.1) is 5.57 Å². The van der Waals surface area contributed by atoms with Crippen molar-refractivity contribution >= 4 is 11.4 Å². The van der Waals surface area contributed by atoms with Crippen LogP contribution < -0.4 is 0 Å². The second-order valence-electron chi connectivity index (χ2n) is 2.47. The minimum atomic E-state index is 0.165. The summed E-state index contributed by atoms with van der Waals surface area (Å²) >= 11 is 0. The SMILES string of the molecule is Cc1cccc(C(=C=[N-])C#N)c1. The first-order valence-electron chi connectivity index (χ1n) is 3.52. The van der Waals surface area contributed by atoms with Crippen molar-refractivity contribution in [2.24, 2.45) is 0 Å². The third kappa shape index (κ3) is 1.60. The van der Waals surface area contributed by atoms with Gasteiger partial charge in [-0.3, -0.25) is 0 Å². The van der Waals surface area contributed by atoms with Crippen molar-refractivity contribution < 1.29 is 0 Å². The molecule has 0 heterocycles. The fraction of sp³-hybridized carbons (Fsp3) is 0.100. The van der Waals surface area contributed by atoms with Crippen LogP contribution >= 0.6 is 0 Å². The predicted octanol–water partition coefficient (Wildman–Crippen LogP) is 2.14. The standard InChI is InChI=1S/C10H7N2/c1-8-3-2-4-9(5-8)10(6-11)7-12/h2-5H,1H3/q-1. The van der Waals surface area contributed by atoms with Gasteiger partial charge in [-0.1, -0.05) is 29.8 Å². The Hall–Kier alpha value is -1.84. The zero-order valence-corrected chi connectivity index (χ0v) is 6.70. The molecule has 0 saturated carbocycles. The molecule has 0 fully saturated rings. The Morgan fingerprint density at radius 1 is 1.50 bits per heavy atom. The van der Waals surface area contributed by atoms with Crippen LogP contribution in [-0.2, 0) is 0 Å². The fourth-order valence-corrected chi connectivity index (χ4v) is 0.955. The smallest absolute Gasteiger partial charge is 0.106 e. The molecule has 0 radical (unpaired) electrons. The summed E-state index contributed by atoms with van der Waals surface area (Å²) in [5.41, 5.74) is 1.91. The quantitative estimate of drug-likeness (QED) is 0.452. The molecular formula is C10H7N2-. The molecule has 0 aliphatic rings. The molecule has 1 aromatic rings. The molecule has 58 valence electrons. The minimum Gasteiger partial charge on any atom is -0.762 e. The van der Waals surface area contributed by atoms with Gasteiger partial charge in [0.25, 0.3) is 0 Å². The van der Waals surface area contributed by atoms with Crippen molar-refractivity contribution in [2.75, 3.05) is 0 Å². The largest absolute Gasteiger partial charge is 0.762 e. The Kier molecular flexibility index (Phi) is 2.42. The molecule has 0 spiro atoms. The molecule has 0 N–H and O–H groups in total. The fourth-order valence-electron chi connectivity index (χ4n) is 0.955. The highest BCUT2D eigenvalue weighted by molar-refractivity contribution is 5.98. The highest BCUT2D eigenvalue weighted by Crippen LogP contribution is 2.11. The van der Waals surface area contributed by atoms with Gasteiger partial charge in [0, 0.05) is 0 Å². The zero-order valence-electron chi connectivity index (χ0n) is 6.70. The van der Waals surface area contributed by atoms with Crippen molar-refractivity contribution in [3.63, 3.8) is 0 Å². The lowest BCUT2D eigenvalue weighted by Crippen LogP contribution is -1.82. The zero-order chi connectivity index (χ0) is 8.97. The number of hydrogen-bond acceptors (Lipinski definition) is 1. The molecule has 2 nitrogen and oxygen atoms in total. The van der Waals surface area contributed by atoms with Crippen molar-refractivity contribution in [3.05, 3.63) is 40.8 Å². The molecule has 0 amide bonds. The Balaban J connectivity index is 3.22. The molecule has 0 bridgehead atoms. The summed E-state index contributed by atoms with van der Waals surface area (Å²) in [6.07, 6.45) is 0. The van der Waals surface area contributed by atoms with E-state index in [1.54, 1.807) is 6.07 Å². The maximum atomic E-state index is 8.56. The summed E-state index contributed by atoms with van der Waals surface area (Å²) in [7, 11) is 0. The van der Waals surface area contributed by atoms with E-state index >= 15 is 0 Å². The molecule has 0 aliphatic carbocycles. The summed E-state index contributed by atoms with van der Waals surface area (Å²) < 4.78 is 0. The van der Waals surface area contributed by atoms with E-state index in [0.29, 0.717) is 5.56 Å². The number of nitriles is 1. The molecule has 0 aromatic heterocycles. The number of rotatable bonds is 1. The van der Waals surface area contributed by atoms with E-state index in [1.807, 2.05) is 37.1 Å². The van der Waals surface area contributed by atoms with Gasteiger partial charge in [-0.2, -0.15) is 5.26 Å². The molecular weight excluding hydrogens is 148 g/mol. The summed E-state index contributed by atoms with van der Waals surface area (Å²) in [6, 6.07) is 9.19. The van der Waals surface area contributed by atoms with Crippen LogP contribution in [-0.4, -0.2) is 5.87 Å². The molecule has 2 heteroatoms. The van der Waals surface area contributed by atoms with Crippen LogP contribution in [0.1, 0.15) is 11.1 Å². The van der Waals surface area contributed by atoms with Gasteiger partial charge in [0.2, 0.25) is 0 Å². The molecule has 0 atom stereocenters. The summed E-state index contributed by atoms with van der Waals surface area (Å²) in [4.78, 5) is 0. The van der Waals surface area contributed by atoms with Crippen LogP contribution in [0.2, 0.25) is 0 Å². The molecule has 12 heavy (non-hydrogen) atoms. The van der Waals surface area contributed by atoms with E-state index < -0.39 is 0 Å². The first-order valence-corrected chi connectivity index (χ1v) is 3.52. The Labute approximate surface area is 71.3 Å². The number of nitrogens with zero attached hydrogens (tertiary/aromatic N) is 2. The number of hydrogen-bond donors (Lipinski definition) is 0. The van der Waals surface area contributed by atoms with Crippen LogP contribution in [0.5, 0.6) is 0 Å². The molecule has 0 unspecified atom stereocenters. The average molecular weight is 155 g/mol. The van der Waals surface area contributed by atoms with E-state index in [0.717, 1.165) is 5.56 Å². The van der Waals surface area contributed by atoms with Crippen molar-refractivity contribution in [1.82, 2.24) is 0 Å². The number of aryl methyl sites for hydroxylation is 1. The van der Waals surface area contributed by atoms with Gasteiger partial charge < -0.3 is 5.41 Å². The third-order valence-corrected chi connectivity index (χ3v) is 1.53. The monoisotopic (exact) mass is 155 g/mol. The van der Waals surface area contributed by atoms with Crippen molar-refractivity contribution in [1.29, 1.82) is 5.26 Å². The number of allylic oxidation sites excluding steroid dienone is 1. The predicted molar refractivity (Wildman–Crippen MR) is 48.6 cm³/mol. The van der Waals surface area contributed by atoms with Crippen LogP contribution in [0, 0.1) is 18.3 Å². The lowest BCUT2D eigenvalue weighted by Gasteiger charge is -1.98. The van der Waals surface area contributed by atoms with E-state index in [9.17, 15) is 0 Å². The van der Waals surface area contributed by atoms with E-state index in [1.165, 1.54) is 0 Å². The van der Waals surface area contributed by atoms with Crippen LogP contribution in [0.25, 0.3) is 11.0 Å². The van der Waals surface area contributed by atoms with Crippen LogP contribution in [0.15, 0.2) is 24.3 Å². The van der Waals surface area contributed by atoms with E-state index in [4.69, 9.17) is 10.7 Å². The lowest BCUT2D eigenvalue weighted by molar-refractivity contribution is 1.45. The second kappa shape index (κ2) is 3.52. The summed E-state index contributed by atoms with van der Waals surface area (Å²) in [6.45, 7) is 1.93. The van der Waals surface area contributed by atoms with Gasteiger partial charge in [-0.25, -0.2) is 5.87 Å². The Bertz CT molecular complexity index is 379. The summed E-state index contributed by atoms with van der Waals surface area (Å²) in [5.74, 6) is 1.85. The first kappa shape index (κ1) is 8.26. The van der Waals surface area contributed by atoms with Gasteiger partial charge in [-0.05, 0) is 12.5 Å². The molecule has 0 aliphatic heterocycles. The van der Waals surface area contributed by atoms with Crippen LogP contribution in [0.3, 0.4) is 0 Å².